The van der Waals surface area contributed by atoms with Crippen LogP contribution in [0.4, 0.5) is 0 Å². The predicted octanol–water partition coefficient (Wildman–Crippen LogP) is 4.23. The van der Waals surface area contributed by atoms with E-state index in [1.165, 1.54) is 5.57 Å². The third-order valence-corrected chi connectivity index (χ3v) is 7.09. The fourth-order valence-corrected chi connectivity index (χ4v) is 5.18. The zero-order valence-corrected chi connectivity index (χ0v) is 14.8. The number of fused-ring (bicyclic) bond motifs is 1. The van der Waals surface area contributed by atoms with Crippen LogP contribution in [-0.2, 0) is 14.3 Å². The maximum atomic E-state index is 12.7. The molecule has 0 saturated heterocycles. The van der Waals surface area contributed by atoms with E-state index < -0.39 is 0 Å². The summed E-state index contributed by atoms with van der Waals surface area (Å²) in [5.41, 5.74) is 2.46. The first-order valence-corrected chi connectivity index (χ1v) is 8.83. The van der Waals surface area contributed by atoms with Gasteiger partial charge in [-0.05, 0) is 54.9 Å². The molecule has 0 radical (unpaired) electrons. The van der Waals surface area contributed by atoms with Gasteiger partial charge >= 0.3 is 5.97 Å². The Morgan fingerprint density at radius 1 is 1.30 bits per heavy atom. The van der Waals surface area contributed by atoms with Crippen LogP contribution in [0, 0.1) is 22.7 Å². The lowest BCUT2D eigenvalue weighted by Gasteiger charge is -2.57. The number of ether oxygens (including phenoxy) is 1. The van der Waals surface area contributed by atoms with Gasteiger partial charge in [0.15, 0.2) is 0 Å². The topological polar surface area (TPSA) is 43.4 Å². The van der Waals surface area contributed by atoms with E-state index in [9.17, 15) is 9.59 Å². The first-order chi connectivity index (χ1) is 10.8. The van der Waals surface area contributed by atoms with Gasteiger partial charge < -0.3 is 4.74 Å². The number of hydrogen-bond acceptors (Lipinski definition) is 3. The molecule has 23 heavy (non-hydrogen) atoms. The maximum Gasteiger partial charge on any atom is 0.331 e. The summed E-state index contributed by atoms with van der Waals surface area (Å²) in [6.07, 6.45) is 8.73. The largest absolute Gasteiger partial charge is 0.458 e. The molecule has 126 valence electrons. The molecule has 0 aromatic carbocycles. The molecule has 0 amide bonds. The van der Waals surface area contributed by atoms with Crippen LogP contribution in [0.3, 0.4) is 0 Å². The molecule has 1 fully saturated rings. The lowest BCUT2D eigenvalue weighted by atomic mass is 9.46. The summed E-state index contributed by atoms with van der Waals surface area (Å²) in [7, 11) is 0. The maximum absolute atomic E-state index is 12.7. The van der Waals surface area contributed by atoms with Crippen molar-refractivity contribution in [3.63, 3.8) is 0 Å². The summed E-state index contributed by atoms with van der Waals surface area (Å²) >= 11 is 0. The van der Waals surface area contributed by atoms with Crippen LogP contribution < -0.4 is 0 Å². The second kappa shape index (κ2) is 5.61. The van der Waals surface area contributed by atoms with Crippen molar-refractivity contribution in [1.82, 2.24) is 0 Å². The number of ketones is 1. The highest BCUT2D eigenvalue weighted by Gasteiger charge is 2.56. The van der Waals surface area contributed by atoms with E-state index in [1.54, 1.807) is 6.08 Å². The minimum atomic E-state index is -0.223. The van der Waals surface area contributed by atoms with Crippen molar-refractivity contribution in [2.75, 3.05) is 6.61 Å². The number of carbonyl (C=O) groups is 2. The van der Waals surface area contributed by atoms with Gasteiger partial charge in [0.25, 0.3) is 0 Å². The molecule has 2 aliphatic carbocycles. The Labute approximate surface area is 139 Å². The van der Waals surface area contributed by atoms with Crippen LogP contribution in [0.2, 0.25) is 0 Å². The summed E-state index contributed by atoms with van der Waals surface area (Å²) in [6.45, 7) is 9.32. The molecule has 0 aromatic heterocycles. The number of carbonyl (C=O) groups excluding carboxylic acids is 2. The minimum absolute atomic E-state index is 0.00691. The van der Waals surface area contributed by atoms with Gasteiger partial charge in [-0.1, -0.05) is 32.4 Å². The number of allylic oxidation sites excluding steroid dienone is 2. The smallest absolute Gasteiger partial charge is 0.331 e. The monoisotopic (exact) mass is 316 g/mol. The van der Waals surface area contributed by atoms with E-state index in [0.717, 1.165) is 31.3 Å². The Kier molecular flexibility index (Phi) is 4.02. The minimum Gasteiger partial charge on any atom is -0.458 e. The van der Waals surface area contributed by atoms with Crippen molar-refractivity contribution in [3.8, 4) is 0 Å². The van der Waals surface area contributed by atoms with Crippen molar-refractivity contribution in [2.45, 2.75) is 59.8 Å². The van der Waals surface area contributed by atoms with Gasteiger partial charge in [-0.25, -0.2) is 4.79 Å². The van der Waals surface area contributed by atoms with E-state index in [-0.39, 0.29) is 22.7 Å². The number of cyclic esters (lactones) is 1. The van der Waals surface area contributed by atoms with Crippen LogP contribution in [-0.4, -0.2) is 18.4 Å². The molecule has 4 atom stereocenters. The van der Waals surface area contributed by atoms with Gasteiger partial charge in [0.2, 0.25) is 0 Å². The molecule has 1 aliphatic heterocycles. The molecule has 1 heterocycles. The molecule has 1 saturated carbocycles. The molecule has 3 heteroatoms. The third-order valence-electron chi connectivity index (χ3n) is 7.09. The molecule has 4 unspecified atom stereocenters. The molecule has 0 aromatic rings. The van der Waals surface area contributed by atoms with Crippen molar-refractivity contribution >= 4 is 11.8 Å². The first-order valence-electron chi connectivity index (χ1n) is 8.83. The van der Waals surface area contributed by atoms with E-state index >= 15 is 0 Å². The predicted molar refractivity (Wildman–Crippen MR) is 89.8 cm³/mol. The highest BCUT2D eigenvalue weighted by molar-refractivity contribution is 5.85. The van der Waals surface area contributed by atoms with Crippen LogP contribution in [0.1, 0.15) is 59.8 Å². The SMILES string of the molecule is CC1=CCCC2C1(C)CC(=O)C(C)C2(C)CCC1=CC(=O)OC1. The Bertz CT molecular complexity index is 600. The average Bonchev–Trinajstić information content (AvgIpc) is 2.91. The fraction of sp³-hybridized carbons (Fsp3) is 0.700. The number of hydrogen-bond donors (Lipinski definition) is 0. The Hall–Kier alpha value is -1.38. The summed E-state index contributed by atoms with van der Waals surface area (Å²) in [5, 5.41) is 0. The molecule has 3 rings (SSSR count). The Balaban J connectivity index is 1.88. The third kappa shape index (κ3) is 2.58. The molecule has 0 spiro atoms. The van der Waals surface area contributed by atoms with Crippen molar-refractivity contribution in [3.05, 3.63) is 23.3 Å². The zero-order chi connectivity index (χ0) is 16.8. The summed E-state index contributed by atoms with van der Waals surface area (Å²) < 4.78 is 5.02. The van der Waals surface area contributed by atoms with Gasteiger partial charge in [-0.2, -0.15) is 0 Å². The van der Waals surface area contributed by atoms with Crippen molar-refractivity contribution in [2.24, 2.45) is 22.7 Å². The van der Waals surface area contributed by atoms with Gasteiger partial charge in [-0.15, -0.1) is 0 Å². The fourth-order valence-electron chi connectivity index (χ4n) is 5.18. The second-order valence-electron chi connectivity index (χ2n) is 8.22. The van der Waals surface area contributed by atoms with Crippen LogP contribution in [0.5, 0.6) is 0 Å². The molecule has 3 nitrogen and oxygen atoms in total. The summed E-state index contributed by atoms with van der Waals surface area (Å²) in [6, 6.07) is 0. The first kappa shape index (κ1) is 16.5. The lowest BCUT2D eigenvalue weighted by molar-refractivity contribution is -0.142. The van der Waals surface area contributed by atoms with Gasteiger partial charge in [-0.3, -0.25) is 4.79 Å². The molecular formula is C20H28O3. The average molecular weight is 316 g/mol. The van der Waals surface area contributed by atoms with Crippen LogP contribution >= 0.6 is 0 Å². The normalized spacial score (nSPS) is 40.3. The van der Waals surface area contributed by atoms with Crippen molar-refractivity contribution in [1.29, 1.82) is 0 Å². The lowest BCUT2D eigenvalue weighted by Crippen LogP contribution is -2.53. The Morgan fingerprint density at radius 3 is 2.70 bits per heavy atom. The highest BCUT2D eigenvalue weighted by Crippen LogP contribution is 2.60. The quantitative estimate of drug-likeness (QED) is 0.578. The van der Waals surface area contributed by atoms with Crippen LogP contribution in [0.15, 0.2) is 23.3 Å². The van der Waals surface area contributed by atoms with Gasteiger partial charge in [0.05, 0.1) is 0 Å². The zero-order valence-electron chi connectivity index (χ0n) is 14.8. The highest BCUT2D eigenvalue weighted by atomic mass is 16.5. The number of Topliss-reactive ketones (excluding diaryl/α,β-unsaturated/α-hetero) is 1. The molecule has 0 N–H and O–H groups in total. The second-order valence-corrected chi connectivity index (χ2v) is 8.22. The van der Waals surface area contributed by atoms with E-state index in [2.05, 4.69) is 33.8 Å². The molecule has 0 bridgehead atoms. The van der Waals surface area contributed by atoms with E-state index in [0.29, 0.717) is 24.7 Å². The standard InChI is InChI=1S/C20H28O3/c1-13-6-5-7-17-19(3,9-8-15-10-18(22)23-12-15)14(2)16(21)11-20(13,17)4/h6,10,14,17H,5,7-9,11-12H2,1-4H3. The molecule has 3 aliphatic rings. The van der Waals surface area contributed by atoms with Gasteiger partial charge in [0, 0.05) is 18.4 Å². The Morgan fingerprint density at radius 2 is 2.04 bits per heavy atom. The summed E-state index contributed by atoms with van der Waals surface area (Å²) in [5.74, 6) is 0.796. The van der Waals surface area contributed by atoms with Gasteiger partial charge in [0.1, 0.15) is 12.4 Å². The van der Waals surface area contributed by atoms with Crippen LogP contribution in [0.25, 0.3) is 0 Å². The molecular weight excluding hydrogens is 288 g/mol. The number of esters is 1. The summed E-state index contributed by atoms with van der Waals surface area (Å²) in [4.78, 5) is 24.0. The van der Waals surface area contributed by atoms with E-state index in [4.69, 9.17) is 4.74 Å². The van der Waals surface area contributed by atoms with Crippen molar-refractivity contribution < 1.29 is 14.3 Å². The number of rotatable bonds is 3. The van der Waals surface area contributed by atoms with E-state index in [1.807, 2.05) is 0 Å².